The standard InChI is InChI=1S/C13H20O2Si/c1-13(2,12(14)15-16)10-6-9-11-7-4-3-5-8-11/h3-5,7-8H,6,9-10H2,1-2,16H3. The van der Waals surface area contributed by atoms with Gasteiger partial charge < -0.3 is 4.43 Å². The van der Waals surface area contributed by atoms with Crippen LogP contribution in [0, 0.1) is 5.41 Å². The van der Waals surface area contributed by atoms with Crippen LogP contribution in [0.1, 0.15) is 32.3 Å². The first-order valence-corrected chi connectivity index (χ1v) is 6.50. The van der Waals surface area contributed by atoms with Crippen molar-refractivity contribution in [1.29, 1.82) is 0 Å². The largest absolute Gasteiger partial charge is 0.528 e. The molecule has 0 N–H and O–H groups in total. The second kappa shape index (κ2) is 5.85. The predicted octanol–water partition coefficient (Wildman–Crippen LogP) is 1.86. The highest BCUT2D eigenvalue weighted by Gasteiger charge is 2.27. The maximum absolute atomic E-state index is 11.5. The lowest BCUT2D eigenvalue weighted by molar-refractivity contribution is -0.144. The zero-order chi connectivity index (χ0) is 12.0. The van der Waals surface area contributed by atoms with Crippen molar-refractivity contribution in [3.8, 4) is 0 Å². The Morgan fingerprint density at radius 1 is 1.31 bits per heavy atom. The van der Waals surface area contributed by atoms with Gasteiger partial charge in [0, 0.05) is 0 Å². The zero-order valence-electron chi connectivity index (χ0n) is 10.3. The molecule has 88 valence electrons. The van der Waals surface area contributed by atoms with Crippen LogP contribution in [-0.4, -0.2) is 16.5 Å². The van der Waals surface area contributed by atoms with E-state index in [4.69, 9.17) is 4.43 Å². The van der Waals surface area contributed by atoms with E-state index >= 15 is 0 Å². The van der Waals surface area contributed by atoms with Crippen molar-refractivity contribution in [2.75, 3.05) is 0 Å². The molecule has 0 aliphatic rings. The lowest BCUT2D eigenvalue weighted by Gasteiger charge is -2.21. The van der Waals surface area contributed by atoms with Gasteiger partial charge >= 0.3 is 0 Å². The fourth-order valence-electron chi connectivity index (χ4n) is 1.76. The topological polar surface area (TPSA) is 26.3 Å². The summed E-state index contributed by atoms with van der Waals surface area (Å²) in [4.78, 5) is 11.5. The molecule has 1 aromatic carbocycles. The molecule has 0 bridgehead atoms. The Hall–Kier alpha value is -1.09. The van der Waals surface area contributed by atoms with E-state index in [1.807, 2.05) is 32.0 Å². The van der Waals surface area contributed by atoms with E-state index in [9.17, 15) is 4.79 Å². The van der Waals surface area contributed by atoms with E-state index in [0.717, 1.165) is 19.3 Å². The molecule has 0 radical (unpaired) electrons. The van der Waals surface area contributed by atoms with Crippen LogP contribution in [0.15, 0.2) is 30.3 Å². The third-order valence-electron chi connectivity index (χ3n) is 2.85. The van der Waals surface area contributed by atoms with Crippen LogP contribution < -0.4 is 0 Å². The minimum atomic E-state index is -0.337. The Morgan fingerprint density at radius 3 is 2.50 bits per heavy atom. The van der Waals surface area contributed by atoms with Gasteiger partial charge in [-0.3, -0.25) is 4.79 Å². The molecule has 0 saturated heterocycles. The summed E-state index contributed by atoms with van der Waals surface area (Å²) >= 11 is 0. The number of carbonyl (C=O) groups is 1. The third-order valence-corrected chi connectivity index (χ3v) is 3.22. The molecule has 0 aromatic heterocycles. The Labute approximate surface area is 101 Å². The van der Waals surface area contributed by atoms with Crippen molar-refractivity contribution in [1.82, 2.24) is 0 Å². The van der Waals surface area contributed by atoms with Crippen LogP contribution in [0.25, 0.3) is 0 Å². The first-order valence-electron chi connectivity index (χ1n) is 5.68. The van der Waals surface area contributed by atoms with Crippen LogP contribution in [0.5, 0.6) is 0 Å². The van der Waals surface area contributed by atoms with Gasteiger partial charge in [0.15, 0.2) is 0 Å². The molecule has 0 amide bonds. The van der Waals surface area contributed by atoms with Crippen LogP contribution in [0.4, 0.5) is 0 Å². The summed E-state index contributed by atoms with van der Waals surface area (Å²) in [5.74, 6) is -0.0628. The molecule has 0 fully saturated rings. The quantitative estimate of drug-likeness (QED) is 0.729. The second-order valence-corrected chi connectivity index (χ2v) is 5.12. The van der Waals surface area contributed by atoms with E-state index in [1.54, 1.807) is 0 Å². The third kappa shape index (κ3) is 3.81. The highest BCUT2D eigenvalue weighted by atomic mass is 28.2. The van der Waals surface area contributed by atoms with Gasteiger partial charge in [0.05, 0.1) is 5.41 Å². The number of aryl methyl sites for hydroxylation is 1. The highest BCUT2D eigenvalue weighted by molar-refractivity contribution is 6.06. The lowest BCUT2D eigenvalue weighted by Crippen LogP contribution is -2.26. The predicted molar refractivity (Wildman–Crippen MR) is 69.2 cm³/mol. The van der Waals surface area contributed by atoms with Gasteiger partial charge in [-0.2, -0.15) is 0 Å². The van der Waals surface area contributed by atoms with E-state index in [-0.39, 0.29) is 11.4 Å². The molecule has 0 saturated carbocycles. The zero-order valence-corrected chi connectivity index (χ0v) is 12.3. The van der Waals surface area contributed by atoms with Crippen LogP contribution in [0.2, 0.25) is 0 Å². The van der Waals surface area contributed by atoms with Crippen molar-refractivity contribution in [2.45, 2.75) is 33.1 Å². The summed E-state index contributed by atoms with van der Waals surface area (Å²) < 4.78 is 4.92. The van der Waals surface area contributed by atoms with Gasteiger partial charge in [-0.15, -0.1) is 0 Å². The van der Waals surface area contributed by atoms with Gasteiger partial charge in [0.2, 0.25) is 10.5 Å². The summed E-state index contributed by atoms with van der Waals surface area (Å²) in [6.45, 7) is 3.91. The lowest BCUT2D eigenvalue weighted by atomic mass is 9.87. The Morgan fingerprint density at radius 2 is 1.94 bits per heavy atom. The van der Waals surface area contributed by atoms with E-state index in [2.05, 4.69) is 12.1 Å². The van der Waals surface area contributed by atoms with Crippen LogP contribution >= 0.6 is 0 Å². The minimum absolute atomic E-state index is 0.0628. The van der Waals surface area contributed by atoms with Crippen LogP contribution in [0.3, 0.4) is 0 Å². The average molecular weight is 236 g/mol. The van der Waals surface area contributed by atoms with Crippen molar-refractivity contribution in [3.05, 3.63) is 35.9 Å². The fraction of sp³-hybridized carbons (Fsp3) is 0.462. The Balaban J connectivity index is 2.38. The molecule has 0 aliphatic carbocycles. The molecular formula is C13H20O2Si. The van der Waals surface area contributed by atoms with Crippen molar-refractivity contribution < 1.29 is 9.22 Å². The summed E-state index contributed by atoms with van der Waals surface area (Å²) in [5, 5.41) is 0. The Bertz CT molecular complexity index is 333. The number of hydrogen-bond donors (Lipinski definition) is 0. The minimum Gasteiger partial charge on any atom is -0.528 e. The molecule has 0 heterocycles. The molecular weight excluding hydrogens is 216 g/mol. The van der Waals surface area contributed by atoms with Gasteiger partial charge in [-0.05, 0) is 38.7 Å². The SMILES string of the molecule is CC(C)(CCCc1ccccc1)C(=O)O[SiH3]. The average Bonchev–Trinajstić information content (AvgIpc) is 2.29. The van der Waals surface area contributed by atoms with E-state index in [1.165, 1.54) is 5.56 Å². The van der Waals surface area contributed by atoms with Crippen molar-refractivity contribution >= 4 is 16.5 Å². The number of hydrogen-bond acceptors (Lipinski definition) is 2. The summed E-state index contributed by atoms with van der Waals surface area (Å²) in [6, 6.07) is 10.4. The molecule has 1 rings (SSSR count). The first-order chi connectivity index (χ1) is 7.56. The van der Waals surface area contributed by atoms with Gasteiger partial charge in [-0.25, -0.2) is 0 Å². The normalized spacial score (nSPS) is 11.4. The molecule has 0 atom stereocenters. The molecule has 16 heavy (non-hydrogen) atoms. The summed E-state index contributed by atoms with van der Waals surface area (Å²) in [6.07, 6.45) is 2.93. The number of rotatable bonds is 5. The first kappa shape index (κ1) is 13.0. The molecule has 0 spiro atoms. The monoisotopic (exact) mass is 236 g/mol. The van der Waals surface area contributed by atoms with Gasteiger partial charge in [0.1, 0.15) is 0 Å². The van der Waals surface area contributed by atoms with Crippen LogP contribution in [-0.2, 0) is 15.6 Å². The molecule has 0 aliphatic heterocycles. The molecule has 3 heteroatoms. The van der Waals surface area contributed by atoms with Gasteiger partial charge in [0.25, 0.3) is 5.97 Å². The smallest absolute Gasteiger partial charge is 0.297 e. The van der Waals surface area contributed by atoms with E-state index in [0.29, 0.717) is 10.5 Å². The Kier molecular flexibility index (Phi) is 4.74. The molecule has 0 unspecified atom stereocenters. The van der Waals surface area contributed by atoms with E-state index < -0.39 is 0 Å². The molecule has 1 aromatic rings. The van der Waals surface area contributed by atoms with Crippen molar-refractivity contribution in [3.63, 3.8) is 0 Å². The maximum atomic E-state index is 11.5. The maximum Gasteiger partial charge on any atom is 0.297 e. The highest BCUT2D eigenvalue weighted by Crippen LogP contribution is 2.24. The second-order valence-electron chi connectivity index (χ2n) is 4.71. The van der Waals surface area contributed by atoms with Gasteiger partial charge in [-0.1, -0.05) is 30.3 Å². The fourth-order valence-corrected chi connectivity index (χ4v) is 2.31. The number of carbonyl (C=O) groups excluding carboxylic acids is 1. The van der Waals surface area contributed by atoms with Crippen molar-refractivity contribution in [2.24, 2.45) is 5.41 Å². The summed E-state index contributed by atoms with van der Waals surface area (Å²) in [5.41, 5.74) is 0.994. The number of benzene rings is 1. The summed E-state index contributed by atoms with van der Waals surface area (Å²) in [7, 11) is 0.489. The molecule has 2 nitrogen and oxygen atoms in total.